The molecule has 0 bridgehead atoms. The lowest BCUT2D eigenvalue weighted by molar-refractivity contribution is 1.09. The molecule has 0 spiro atoms. The molecule has 2 rings (SSSR count). The molecule has 0 atom stereocenters. The van der Waals surface area contributed by atoms with Gasteiger partial charge in [-0.1, -0.05) is 0 Å². The van der Waals surface area contributed by atoms with Gasteiger partial charge in [0.15, 0.2) is 0 Å². The highest BCUT2D eigenvalue weighted by atomic mass is 15.1. The Hall–Kier alpha value is -2.35. The lowest BCUT2D eigenvalue weighted by Crippen LogP contribution is -1.97. The summed E-state index contributed by atoms with van der Waals surface area (Å²) < 4.78 is 0. The van der Waals surface area contributed by atoms with Gasteiger partial charge in [-0.2, -0.15) is 10.4 Å². The first-order valence-electron chi connectivity index (χ1n) is 4.43. The number of pyridine rings is 1. The van der Waals surface area contributed by atoms with Crippen molar-refractivity contribution in [2.45, 2.75) is 6.92 Å². The van der Waals surface area contributed by atoms with E-state index in [9.17, 15) is 0 Å². The van der Waals surface area contributed by atoms with Gasteiger partial charge in [-0.05, 0) is 18.6 Å². The molecular formula is C10H9N5. The van der Waals surface area contributed by atoms with E-state index in [4.69, 9.17) is 5.26 Å². The Labute approximate surface area is 86.8 Å². The molecule has 0 aliphatic carbocycles. The molecule has 2 heterocycles. The average Bonchev–Trinajstić information content (AvgIpc) is 2.71. The Morgan fingerprint density at radius 1 is 1.53 bits per heavy atom. The maximum absolute atomic E-state index is 8.97. The van der Waals surface area contributed by atoms with Gasteiger partial charge in [0.1, 0.15) is 11.9 Å². The Kier molecular flexibility index (Phi) is 2.33. The first kappa shape index (κ1) is 9.21. The zero-order valence-electron chi connectivity index (χ0n) is 8.15. The Bertz CT molecular complexity index is 495. The molecule has 0 radical (unpaired) electrons. The summed E-state index contributed by atoms with van der Waals surface area (Å²) in [5.74, 6) is 0.555. The molecule has 0 amide bonds. The van der Waals surface area contributed by atoms with Crippen molar-refractivity contribution in [3.05, 3.63) is 35.8 Å². The van der Waals surface area contributed by atoms with Gasteiger partial charge in [-0.25, -0.2) is 4.98 Å². The van der Waals surface area contributed by atoms with E-state index in [-0.39, 0.29) is 0 Å². The minimum Gasteiger partial charge on any atom is -0.337 e. The third kappa shape index (κ3) is 1.79. The molecule has 15 heavy (non-hydrogen) atoms. The highest BCUT2D eigenvalue weighted by Crippen LogP contribution is 2.19. The van der Waals surface area contributed by atoms with Crippen LogP contribution in [0.25, 0.3) is 0 Å². The van der Waals surface area contributed by atoms with Crippen molar-refractivity contribution in [1.29, 1.82) is 5.26 Å². The molecule has 0 saturated heterocycles. The third-order valence-electron chi connectivity index (χ3n) is 2.03. The summed E-state index contributed by atoms with van der Waals surface area (Å²) in [7, 11) is 0. The number of anilines is 2. The van der Waals surface area contributed by atoms with Crippen LogP contribution in [-0.2, 0) is 0 Å². The zero-order valence-corrected chi connectivity index (χ0v) is 8.15. The molecule has 0 fully saturated rings. The lowest BCUT2D eigenvalue weighted by atomic mass is 10.1. The van der Waals surface area contributed by atoms with E-state index in [0.29, 0.717) is 11.4 Å². The van der Waals surface area contributed by atoms with Crippen molar-refractivity contribution >= 4 is 11.5 Å². The molecule has 0 unspecified atom stereocenters. The van der Waals surface area contributed by atoms with E-state index < -0.39 is 0 Å². The van der Waals surface area contributed by atoms with Gasteiger partial charge < -0.3 is 5.32 Å². The summed E-state index contributed by atoms with van der Waals surface area (Å²) in [6, 6.07) is 3.93. The van der Waals surface area contributed by atoms with Gasteiger partial charge in [0, 0.05) is 12.4 Å². The highest BCUT2D eigenvalue weighted by Gasteiger charge is 2.06. The molecule has 5 nitrogen and oxygen atoms in total. The summed E-state index contributed by atoms with van der Waals surface area (Å²) in [6.07, 6.45) is 4.99. The van der Waals surface area contributed by atoms with Crippen LogP contribution in [0.1, 0.15) is 11.1 Å². The molecule has 0 aliphatic heterocycles. The summed E-state index contributed by atoms with van der Waals surface area (Å²) >= 11 is 0. The maximum atomic E-state index is 8.97. The Morgan fingerprint density at radius 2 is 2.40 bits per heavy atom. The number of rotatable bonds is 2. The number of hydrogen-bond donors (Lipinski definition) is 2. The van der Waals surface area contributed by atoms with Crippen LogP contribution >= 0.6 is 0 Å². The second-order valence-corrected chi connectivity index (χ2v) is 3.08. The van der Waals surface area contributed by atoms with Gasteiger partial charge in [-0.15, -0.1) is 0 Å². The number of nitrogens with zero attached hydrogens (tertiary/aromatic N) is 3. The van der Waals surface area contributed by atoms with Gasteiger partial charge in [0.25, 0.3) is 0 Å². The van der Waals surface area contributed by atoms with E-state index in [2.05, 4.69) is 26.6 Å². The van der Waals surface area contributed by atoms with Gasteiger partial charge in [-0.3, -0.25) is 5.10 Å². The number of aryl methyl sites for hydroxylation is 1. The number of hydrogen-bond acceptors (Lipinski definition) is 4. The van der Waals surface area contributed by atoms with Crippen molar-refractivity contribution < 1.29 is 0 Å². The van der Waals surface area contributed by atoms with Crippen LogP contribution in [0, 0.1) is 18.3 Å². The van der Waals surface area contributed by atoms with Crippen LogP contribution in [-0.4, -0.2) is 15.2 Å². The third-order valence-corrected chi connectivity index (χ3v) is 2.03. The van der Waals surface area contributed by atoms with Crippen LogP contribution < -0.4 is 5.32 Å². The fourth-order valence-corrected chi connectivity index (χ4v) is 1.25. The number of nitrogens with one attached hydrogen (secondary N) is 2. The molecule has 0 saturated carbocycles. The number of aromatic nitrogens is 3. The SMILES string of the molecule is Cc1ccnc(Nc2cn[nH]c2)c1C#N. The Balaban J connectivity index is 2.37. The van der Waals surface area contributed by atoms with Crippen molar-refractivity contribution in [3.63, 3.8) is 0 Å². The zero-order chi connectivity index (χ0) is 10.7. The largest absolute Gasteiger partial charge is 0.337 e. The molecule has 2 aromatic heterocycles. The van der Waals surface area contributed by atoms with Crippen molar-refractivity contribution in [2.75, 3.05) is 5.32 Å². The van der Waals surface area contributed by atoms with Crippen LogP contribution in [0.5, 0.6) is 0 Å². The fraction of sp³-hybridized carbons (Fsp3) is 0.100. The van der Waals surface area contributed by atoms with E-state index in [0.717, 1.165) is 11.3 Å². The van der Waals surface area contributed by atoms with E-state index in [1.165, 1.54) is 0 Å². The predicted octanol–water partition coefficient (Wildman–Crippen LogP) is 1.73. The van der Waals surface area contributed by atoms with E-state index >= 15 is 0 Å². The minimum absolute atomic E-state index is 0.554. The van der Waals surface area contributed by atoms with Crippen molar-refractivity contribution in [3.8, 4) is 6.07 Å². The first-order valence-corrected chi connectivity index (χ1v) is 4.43. The minimum atomic E-state index is 0.554. The predicted molar refractivity (Wildman–Crippen MR) is 55.6 cm³/mol. The van der Waals surface area contributed by atoms with Gasteiger partial charge in [0.05, 0.1) is 17.4 Å². The summed E-state index contributed by atoms with van der Waals surface area (Å²) in [5.41, 5.74) is 2.24. The maximum Gasteiger partial charge on any atom is 0.148 e. The Morgan fingerprint density at radius 3 is 3.07 bits per heavy atom. The van der Waals surface area contributed by atoms with Crippen LogP contribution in [0.15, 0.2) is 24.7 Å². The molecule has 0 aromatic carbocycles. The van der Waals surface area contributed by atoms with Crippen molar-refractivity contribution in [2.24, 2.45) is 0 Å². The molecular weight excluding hydrogens is 190 g/mol. The lowest BCUT2D eigenvalue weighted by Gasteiger charge is -2.05. The monoisotopic (exact) mass is 199 g/mol. The number of H-pyrrole nitrogens is 1. The molecule has 2 aromatic rings. The average molecular weight is 199 g/mol. The van der Waals surface area contributed by atoms with Gasteiger partial charge >= 0.3 is 0 Å². The highest BCUT2D eigenvalue weighted by molar-refractivity contribution is 5.63. The quantitative estimate of drug-likeness (QED) is 0.772. The normalized spacial score (nSPS) is 9.60. The van der Waals surface area contributed by atoms with Crippen molar-refractivity contribution in [1.82, 2.24) is 15.2 Å². The number of nitriles is 1. The number of aromatic amines is 1. The fourth-order valence-electron chi connectivity index (χ4n) is 1.25. The molecule has 2 N–H and O–H groups in total. The topological polar surface area (TPSA) is 77.4 Å². The second kappa shape index (κ2) is 3.80. The summed E-state index contributed by atoms with van der Waals surface area (Å²) in [5, 5.41) is 18.5. The van der Waals surface area contributed by atoms with Crippen LogP contribution in [0.2, 0.25) is 0 Å². The second-order valence-electron chi connectivity index (χ2n) is 3.08. The van der Waals surface area contributed by atoms with Gasteiger partial charge in [0.2, 0.25) is 0 Å². The molecule has 5 heteroatoms. The smallest absolute Gasteiger partial charge is 0.148 e. The van der Waals surface area contributed by atoms with E-state index in [1.807, 2.05) is 6.92 Å². The van der Waals surface area contributed by atoms with Crippen LogP contribution in [0.4, 0.5) is 11.5 Å². The van der Waals surface area contributed by atoms with Crippen LogP contribution in [0.3, 0.4) is 0 Å². The standard InChI is InChI=1S/C10H9N5/c1-7-2-3-12-10(9(7)4-11)15-8-5-13-14-6-8/h2-3,5-6H,1H3,(H,12,15)(H,13,14). The molecule has 74 valence electrons. The summed E-state index contributed by atoms with van der Waals surface area (Å²) in [6.45, 7) is 1.88. The summed E-state index contributed by atoms with van der Waals surface area (Å²) in [4.78, 5) is 4.11. The first-order chi connectivity index (χ1) is 7.31. The van der Waals surface area contributed by atoms with E-state index in [1.54, 1.807) is 24.7 Å². The molecule has 0 aliphatic rings.